The Hall–Kier alpha value is -4.66. The fourth-order valence-electron chi connectivity index (χ4n) is 4.87. The third kappa shape index (κ3) is 5.22. The minimum atomic E-state index is -0.773. The molecule has 0 fully saturated rings. The van der Waals surface area contributed by atoms with E-state index in [9.17, 15) is 9.59 Å². The van der Waals surface area contributed by atoms with Crippen molar-refractivity contribution in [3.05, 3.63) is 138 Å². The average Bonchev–Trinajstić information content (AvgIpc) is 3.61. The van der Waals surface area contributed by atoms with Crippen LogP contribution < -0.4 is 19.6 Å². The van der Waals surface area contributed by atoms with Crippen molar-refractivity contribution < 1.29 is 18.7 Å². The van der Waals surface area contributed by atoms with Gasteiger partial charge in [0, 0.05) is 22.2 Å². The SMILES string of the molecule is CCOC(=O)C1=C(c2ccccc2)N=c2s/c(=C\c3ccc(-c4ccc(Cl)cc4)o3)c(=O)n2[C@H]1c1ccc(OC)cc1. The largest absolute Gasteiger partial charge is 0.497 e. The normalized spacial score (nSPS) is 14.8. The van der Waals surface area contributed by atoms with Crippen LogP contribution in [0.1, 0.15) is 29.9 Å². The van der Waals surface area contributed by atoms with E-state index in [-0.39, 0.29) is 17.7 Å². The van der Waals surface area contributed by atoms with Gasteiger partial charge in [0.1, 0.15) is 17.3 Å². The van der Waals surface area contributed by atoms with E-state index in [1.807, 2.05) is 66.7 Å². The molecule has 7 nitrogen and oxygen atoms in total. The molecule has 0 saturated carbocycles. The molecule has 1 atom stereocenters. The van der Waals surface area contributed by atoms with Crippen molar-refractivity contribution in [3.63, 3.8) is 0 Å². The quantitative estimate of drug-likeness (QED) is 0.220. The summed E-state index contributed by atoms with van der Waals surface area (Å²) in [5, 5.41) is 0.634. The number of methoxy groups -OCH3 is 1. The molecule has 0 radical (unpaired) electrons. The number of carbonyl (C=O) groups excluding carboxylic acids is 1. The predicted octanol–water partition coefficient (Wildman–Crippen LogP) is 5.86. The molecule has 0 aliphatic carbocycles. The van der Waals surface area contributed by atoms with Crippen LogP contribution in [0.2, 0.25) is 5.02 Å². The number of thiazole rings is 1. The maximum atomic E-state index is 14.0. The zero-order valence-electron chi connectivity index (χ0n) is 22.7. The van der Waals surface area contributed by atoms with Gasteiger partial charge in [0.05, 0.1) is 35.6 Å². The number of nitrogens with zero attached hydrogens (tertiary/aromatic N) is 2. The highest BCUT2D eigenvalue weighted by Crippen LogP contribution is 2.35. The summed E-state index contributed by atoms with van der Waals surface area (Å²) in [5.41, 5.74) is 2.79. The van der Waals surface area contributed by atoms with Crippen LogP contribution in [-0.4, -0.2) is 24.3 Å². The molecule has 42 heavy (non-hydrogen) atoms. The molecule has 0 N–H and O–H groups in total. The van der Waals surface area contributed by atoms with E-state index in [1.165, 1.54) is 11.3 Å². The van der Waals surface area contributed by atoms with Crippen LogP contribution in [0, 0.1) is 0 Å². The molecule has 3 heterocycles. The highest BCUT2D eigenvalue weighted by molar-refractivity contribution is 7.07. The smallest absolute Gasteiger partial charge is 0.338 e. The zero-order chi connectivity index (χ0) is 29.2. The lowest BCUT2D eigenvalue weighted by molar-refractivity contribution is -0.138. The first-order chi connectivity index (χ1) is 20.5. The van der Waals surface area contributed by atoms with Crippen molar-refractivity contribution in [1.82, 2.24) is 4.57 Å². The van der Waals surface area contributed by atoms with Gasteiger partial charge in [-0.1, -0.05) is 65.4 Å². The van der Waals surface area contributed by atoms with Gasteiger partial charge in [0.15, 0.2) is 4.80 Å². The van der Waals surface area contributed by atoms with Crippen molar-refractivity contribution in [1.29, 1.82) is 0 Å². The van der Waals surface area contributed by atoms with E-state index >= 15 is 0 Å². The van der Waals surface area contributed by atoms with Crippen molar-refractivity contribution in [2.75, 3.05) is 13.7 Å². The molecule has 1 aliphatic rings. The number of hydrogen-bond donors (Lipinski definition) is 0. The molecule has 2 aromatic heterocycles. The number of furan rings is 1. The number of fused-ring (bicyclic) bond motifs is 1. The number of carbonyl (C=O) groups is 1. The van der Waals surface area contributed by atoms with Crippen LogP contribution in [0.5, 0.6) is 5.75 Å². The van der Waals surface area contributed by atoms with Crippen LogP contribution in [0.15, 0.2) is 111 Å². The Labute approximate surface area is 250 Å². The Morgan fingerprint density at radius 2 is 1.74 bits per heavy atom. The molecule has 0 spiro atoms. The second-order valence-corrected chi connectivity index (χ2v) is 10.9. The predicted molar refractivity (Wildman–Crippen MR) is 163 cm³/mol. The summed E-state index contributed by atoms with van der Waals surface area (Å²) in [4.78, 5) is 32.9. The Kier molecular flexibility index (Phi) is 7.65. The number of aromatic nitrogens is 1. The number of rotatable bonds is 7. The van der Waals surface area contributed by atoms with Crippen molar-refractivity contribution in [2.45, 2.75) is 13.0 Å². The minimum Gasteiger partial charge on any atom is -0.497 e. The standard InChI is InChI=1S/C33H25ClN2O5S/c1-3-40-32(38)28-29(21-7-5-4-6-8-21)35-33-36(30(28)22-11-15-24(39-2)16-12-22)31(37)27(42-33)19-25-17-18-26(41-25)20-9-13-23(34)14-10-20/h4-19,30H,3H2,1-2H3/b27-19-/t30-/m0/s1. The third-order valence-corrected chi connectivity index (χ3v) is 8.07. The van der Waals surface area contributed by atoms with Crippen molar-refractivity contribution in [3.8, 4) is 17.1 Å². The van der Waals surface area contributed by atoms with Gasteiger partial charge in [-0.05, 0) is 61.0 Å². The maximum Gasteiger partial charge on any atom is 0.338 e. The summed E-state index contributed by atoms with van der Waals surface area (Å²) in [6.45, 7) is 1.93. The highest BCUT2D eigenvalue weighted by atomic mass is 35.5. The molecule has 5 aromatic rings. The number of ether oxygens (including phenoxy) is 2. The van der Waals surface area contributed by atoms with E-state index in [4.69, 9.17) is 30.5 Å². The van der Waals surface area contributed by atoms with Gasteiger partial charge >= 0.3 is 5.97 Å². The lowest BCUT2D eigenvalue weighted by Gasteiger charge is -2.26. The zero-order valence-corrected chi connectivity index (χ0v) is 24.3. The second kappa shape index (κ2) is 11.7. The van der Waals surface area contributed by atoms with E-state index in [1.54, 1.807) is 48.9 Å². The molecule has 0 amide bonds. The number of hydrogen-bond acceptors (Lipinski definition) is 7. The fraction of sp³-hybridized carbons (Fsp3) is 0.121. The maximum absolute atomic E-state index is 14.0. The average molecular weight is 597 g/mol. The summed E-state index contributed by atoms with van der Waals surface area (Å²) < 4.78 is 18.9. The Morgan fingerprint density at radius 1 is 1.00 bits per heavy atom. The summed E-state index contributed by atoms with van der Waals surface area (Å²) in [5.74, 6) is 1.29. The summed E-state index contributed by atoms with van der Waals surface area (Å²) in [6, 6.07) is 26.9. The van der Waals surface area contributed by atoms with Crippen LogP contribution in [0.25, 0.3) is 23.1 Å². The lowest BCUT2D eigenvalue weighted by atomic mass is 9.93. The van der Waals surface area contributed by atoms with Crippen LogP contribution in [-0.2, 0) is 9.53 Å². The molecule has 3 aromatic carbocycles. The second-order valence-electron chi connectivity index (χ2n) is 9.41. The van der Waals surface area contributed by atoms with Gasteiger partial charge in [-0.15, -0.1) is 0 Å². The monoisotopic (exact) mass is 596 g/mol. The number of esters is 1. The van der Waals surface area contributed by atoms with Crippen molar-refractivity contribution >= 4 is 40.7 Å². The molecule has 0 unspecified atom stereocenters. The van der Waals surface area contributed by atoms with E-state index in [2.05, 4.69) is 0 Å². The summed E-state index contributed by atoms with van der Waals surface area (Å²) >= 11 is 7.26. The molecule has 0 saturated heterocycles. The van der Waals surface area contributed by atoms with Gasteiger partial charge in [0.2, 0.25) is 0 Å². The first-order valence-electron chi connectivity index (χ1n) is 13.2. The first kappa shape index (κ1) is 27.5. The van der Waals surface area contributed by atoms with Crippen molar-refractivity contribution in [2.24, 2.45) is 4.99 Å². The number of halogens is 1. The third-order valence-electron chi connectivity index (χ3n) is 6.83. The van der Waals surface area contributed by atoms with E-state index in [0.29, 0.717) is 37.3 Å². The van der Waals surface area contributed by atoms with Gasteiger partial charge < -0.3 is 13.9 Å². The molecule has 210 valence electrons. The Balaban J connectivity index is 1.55. The van der Waals surface area contributed by atoms with E-state index < -0.39 is 12.0 Å². The van der Waals surface area contributed by atoms with E-state index in [0.717, 1.165) is 16.7 Å². The topological polar surface area (TPSA) is 83.0 Å². The molecule has 9 heteroatoms. The number of benzene rings is 3. The van der Waals surface area contributed by atoms with Gasteiger partial charge in [0.25, 0.3) is 5.56 Å². The molecular formula is C33H25ClN2O5S. The lowest BCUT2D eigenvalue weighted by Crippen LogP contribution is -2.40. The van der Waals surface area contributed by atoms with Gasteiger partial charge in [-0.25, -0.2) is 9.79 Å². The summed E-state index contributed by atoms with van der Waals surface area (Å²) in [6.07, 6.45) is 1.70. The molecule has 1 aliphatic heterocycles. The summed E-state index contributed by atoms with van der Waals surface area (Å²) in [7, 11) is 1.59. The fourth-order valence-corrected chi connectivity index (χ4v) is 5.98. The first-order valence-corrected chi connectivity index (χ1v) is 14.4. The molecule has 0 bridgehead atoms. The van der Waals surface area contributed by atoms with Crippen LogP contribution >= 0.6 is 22.9 Å². The van der Waals surface area contributed by atoms with Gasteiger partial charge in [-0.2, -0.15) is 0 Å². The highest BCUT2D eigenvalue weighted by Gasteiger charge is 2.35. The Bertz CT molecular complexity index is 1970. The van der Waals surface area contributed by atoms with Gasteiger partial charge in [-0.3, -0.25) is 9.36 Å². The Morgan fingerprint density at radius 3 is 2.43 bits per heavy atom. The molecular weight excluding hydrogens is 572 g/mol. The van der Waals surface area contributed by atoms with Crippen LogP contribution in [0.3, 0.4) is 0 Å². The minimum absolute atomic E-state index is 0.179. The van der Waals surface area contributed by atoms with Crippen LogP contribution in [0.4, 0.5) is 0 Å². The molecule has 6 rings (SSSR count).